The van der Waals surface area contributed by atoms with E-state index in [0.717, 1.165) is 67.7 Å². The predicted molar refractivity (Wildman–Crippen MR) is 115 cm³/mol. The Kier molecular flexibility index (Phi) is 5.04. The maximum absolute atomic E-state index is 9.82. The van der Waals surface area contributed by atoms with Crippen LogP contribution in [-0.2, 0) is 13.0 Å². The Bertz CT molecular complexity index is 1060. The third-order valence-electron chi connectivity index (χ3n) is 6.32. The van der Waals surface area contributed by atoms with Gasteiger partial charge in [-0.05, 0) is 62.4 Å². The van der Waals surface area contributed by atoms with Gasteiger partial charge in [-0.15, -0.1) is 0 Å². The molecule has 1 aliphatic carbocycles. The van der Waals surface area contributed by atoms with Gasteiger partial charge in [0, 0.05) is 19.3 Å². The van der Waals surface area contributed by atoms with E-state index < -0.39 is 0 Å². The molecule has 0 bridgehead atoms. The highest BCUT2D eigenvalue weighted by molar-refractivity contribution is 5.76. The molecule has 0 amide bonds. The number of nitrogens with zero attached hydrogens (tertiary/aromatic N) is 5. The van der Waals surface area contributed by atoms with E-state index in [4.69, 9.17) is 9.72 Å². The summed E-state index contributed by atoms with van der Waals surface area (Å²) in [6, 6.07) is 4.54. The highest BCUT2D eigenvalue weighted by Crippen LogP contribution is 2.34. The van der Waals surface area contributed by atoms with Crippen molar-refractivity contribution in [3.63, 3.8) is 0 Å². The van der Waals surface area contributed by atoms with Crippen LogP contribution in [0.4, 0.5) is 11.6 Å². The number of benzene rings is 1. The normalized spacial score (nSPS) is 22.1. The molecule has 2 aliphatic rings. The first kappa shape index (κ1) is 19.3. The molecule has 3 aromatic rings. The Hall–Kier alpha value is -2.71. The average molecular weight is 409 g/mol. The fraction of sp³-hybridized carbons (Fsp3) is 0.500. The van der Waals surface area contributed by atoms with Crippen LogP contribution < -0.4 is 10.1 Å². The van der Waals surface area contributed by atoms with Gasteiger partial charge in [-0.1, -0.05) is 0 Å². The molecule has 0 spiro atoms. The summed E-state index contributed by atoms with van der Waals surface area (Å²) in [7, 11) is 3.83. The van der Waals surface area contributed by atoms with Crippen molar-refractivity contribution in [2.24, 2.45) is 0 Å². The smallest absolute Gasteiger partial charge is 0.229 e. The number of aromatic nitrogens is 4. The van der Waals surface area contributed by atoms with Gasteiger partial charge in [0.25, 0.3) is 0 Å². The second-order valence-corrected chi connectivity index (χ2v) is 8.46. The van der Waals surface area contributed by atoms with Crippen molar-refractivity contribution in [2.45, 2.75) is 50.8 Å². The molecule has 0 atom stereocenters. The van der Waals surface area contributed by atoms with Crippen LogP contribution in [-0.4, -0.2) is 56.6 Å². The third-order valence-corrected chi connectivity index (χ3v) is 6.32. The number of likely N-dealkylation sites (N-methyl/N-ethyl adjacent to an activating group) is 1. The van der Waals surface area contributed by atoms with Crippen molar-refractivity contribution < 1.29 is 9.84 Å². The zero-order valence-electron chi connectivity index (χ0n) is 17.5. The second kappa shape index (κ2) is 7.85. The molecule has 3 heterocycles. The van der Waals surface area contributed by atoms with Gasteiger partial charge in [0.1, 0.15) is 5.75 Å². The first-order valence-electron chi connectivity index (χ1n) is 10.6. The summed E-state index contributed by atoms with van der Waals surface area (Å²) in [6.45, 7) is 1.99. The number of aliphatic hydroxyl groups excluding tert-OH is 1. The predicted octanol–water partition coefficient (Wildman–Crippen LogP) is 3.04. The van der Waals surface area contributed by atoms with Crippen LogP contribution in [0.5, 0.6) is 5.75 Å². The monoisotopic (exact) mass is 408 g/mol. The van der Waals surface area contributed by atoms with Crippen molar-refractivity contribution in [3.05, 3.63) is 35.7 Å². The molecular formula is C22H28N6O2. The molecule has 2 aromatic heterocycles. The zero-order chi connectivity index (χ0) is 20.7. The first-order valence-corrected chi connectivity index (χ1v) is 10.6. The zero-order valence-corrected chi connectivity index (χ0v) is 17.5. The van der Waals surface area contributed by atoms with Gasteiger partial charge < -0.3 is 20.1 Å². The molecule has 0 radical (unpaired) electrons. The number of rotatable bonds is 4. The highest BCUT2D eigenvalue weighted by Gasteiger charge is 2.23. The summed E-state index contributed by atoms with van der Waals surface area (Å²) >= 11 is 0. The number of aliphatic hydroxyl groups is 1. The molecule has 0 unspecified atom stereocenters. The fourth-order valence-electron chi connectivity index (χ4n) is 4.58. The van der Waals surface area contributed by atoms with Crippen molar-refractivity contribution >= 4 is 22.7 Å². The van der Waals surface area contributed by atoms with E-state index in [2.05, 4.69) is 39.5 Å². The lowest BCUT2D eigenvalue weighted by atomic mass is 9.93. The summed E-state index contributed by atoms with van der Waals surface area (Å²) in [5, 5.41) is 18.7. The molecule has 2 N–H and O–H groups in total. The van der Waals surface area contributed by atoms with Crippen LogP contribution >= 0.6 is 0 Å². The first-order chi connectivity index (χ1) is 14.6. The fourth-order valence-corrected chi connectivity index (χ4v) is 4.58. The number of hydrogen-bond acceptors (Lipinski definition) is 7. The molecular weight excluding hydrogens is 380 g/mol. The summed E-state index contributed by atoms with van der Waals surface area (Å²) in [6.07, 6.45) is 7.91. The lowest BCUT2D eigenvalue weighted by Gasteiger charge is -2.26. The lowest BCUT2D eigenvalue weighted by Crippen LogP contribution is -2.26. The molecule has 30 heavy (non-hydrogen) atoms. The number of nitrogens with one attached hydrogen (secondary N) is 1. The van der Waals surface area contributed by atoms with E-state index in [0.29, 0.717) is 5.95 Å². The van der Waals surface area contributed by atoms with Gasteiger partial charge in [-0.25, -0.2) is 9.67 Å². The Morgan fingerprint density at radius 3 is 2.77 bits per heavy atom. The van der Waals surface area contributed by atoms with Crippen LogP contribution in [0, 0.1) is 0 Å². The summed E-state index contributed by atoms with van der Waals surface area (Å²) < 4.78 is 7.63. The lowest BCUT2D eigenvalue weighted by molar-refractivity contribution is 0.109. The standard InChI is InChI=1S/C22H28N6O2/c1-27-8-7-14-10-20(30-2)19(9-15(14)13-27)25-22-23-11-16-12-24-28(21(16)26-22)17-3-5-18(29)6-4-17/h9-12,17-18,29H,3-8,13H2,1-2H3,(H,23,25,26)/t17-,18+. The number of anilines is 2. The van der Waals surface area contributed by atoms with Crippen LogP contribution in [0.1, 0.15) is 42.9 Å². The van der Waals surface area contributed by atoms with E-state index in [9.17, 15) is 5.11 Å². The quantitative estimate of drug-likeness (QED) is 0.686. The molecule has 1 fully saturated rings. The molecule has 8 nitrogen and oxygen atoms in total. The van der Waals surface area contributed by atoms with Gasteiger partial charge in [-0.2, -0.15) is 10.1 Å². The van der Waals surface area contributed by atoms with E-state index in [1.54, 1.807) is 7.11 Å². The van der Waals surface area contributed by atoms with Crippen molar-refractivity contribution in [2.75, 3.05) is 26.0 Å². The molecule has 1 aliphatic heterocycles. The Morgan fingerprint density at radius 1 is 1.13 bits per heavy atom. The largest absolute Gasteiger partial charge is 0.495 e. The van der Waals surface area contributed by atoms with Crippen molar-refractivity contribution in [3.8, 4) is 5.75 Å². The minimum absolute atomic E-state index is 0.189. The maximum atomic E-state index is 9.82. The Labute approximate surface area is 175 Å². The van der Waals surface area contributed by atoms with Crippen LogP contribution in [0.3, 0.4) is 0 Å². The van der Waals surface area contributed by atoms with Crippen LogP contribution in [0.15, 0.2) is 24.5 Å². The van der Waals surface area contributed by atoms with E-state index in [1.165, 1.54) is 11.1 Å². The SMILES string of the molecule is COc1cc2c(cc1Nc1ncc3cnn([C@H]4CC[C@@H](O)CC4)c3n1)CN(C)CC2. The van der Waals surface area contributed by atoms with Crippen molar-refractivity contribution in [1.29, 1.82) is 0 Å². The van der Waals surface area contributed by atoms with E-state index in [1.807, 2.05) is 17.1 Å². The van der Waals surface area contributed by atoms with Gasteiger partial charge in [0.2, 0.25) is 5.95 Å². The summed E-state index contributed by atoms with van der Waals surface area (Å²) in [4.78, 5) is 11.6. The average Bonchev–Trinajstić information content (AvgIpc) is 3.17. The third kappa shape index (κ3) is 3.61. The molecule has 1 aromatic carbocycles. The Balaban J connectivity index is 1.46. The van der Waals surface area contributed by atoms with Gasteiger partial charge in [-0.3, -0.25) is 0 Å². The van der Waals surface area contributed by atoms with E-state index >= 15 is 0 Å². The topological polar surface area (TPSA) is 88.3 Å². The van der Waals surface area contributed by atoms with Crippen LogP contribution in [0.25, 0.3) is 11.0 Å². The number of fused-ring (bicyclic) bond motifs is 2. The van der Waals surface area contributed by atoms with Gasteiger partial charge in [0.15, 0.2) is 5.65 Å². The van der Waals surface area contributed by atoms with Gasteiger partial charge in [0.05, 0.1) is 36.5 Å². The second-order valence-electron chi connectivity index (χ2n) is 8.46. The minimum Gasteiger partial charge on any atom is -0.495 e. The molecule has 158 valence electrons. The van der Waals surface area contributed by atoms with Crippen LogP contribution in [0.2, 0.25) is 0 Å². The van der Waals surface area contributed by atoms with Gasteiger partial charge >= 0.3 is 0 Å². The Morgan fingerprint density at radius 2 is 1.97 bits per heavy atom. The maximum Gasteiger partial charge on any atom is 0.229 e. The van der Waals surface area contributed by atoms with Crippen molar-refractivity contribution in [1.82, 2.24) is 24.6 Å². The number of ether oxygens (including phenoxy) is 1. The van der Waals surface area contributed by atoms with E-state index in [-0.39, 0.29) is 12.1 Å². The number of hydrogen-bond donors (Lipinski definition) is 2. The molecule has 8 heteroatoms. The molecule has 5 rings (SSSR count). The molecule has 0 saturated heterocycles. The molecule has 1 saturated carbocycles. The summed E-state index contributed by atoms with van der Waals surface area (Å²) in [5.41, 5.74) is 4.34. The summed E-state index contributed by atoms with van der Waals surface area (Å²) in [5.74, 6) is 1.33. The highest BCUT2D eigenvalue weighted by atomic mass is 16.5. The number of methoxy groups -OCH3 is 1. The minimum atomic E-state index is -0.189.